The van der Waals surface area contributed by atoms with Crippen molar-refractivity contribution in [1.29, 1.82) is 0 Å². The quantitative estimate of drug-likeness (QED) is 0.761. The Morgan fingerprint density at radius 1 is 1.50 bits per heavy atom. The highest BCUT2D eigenvalue weighted by Crippen LogP contribution is 2.26. The van der Waals surface area contributed by atoms with E-state index in [2.05, 4.69) is 5.32 Å². The van der Waals surface area contributed by atoms with Gasteiger partial charge in [0.2, 0.25) is 0 Å². The second-order valence-electron chi connectivity index (χ2n) is 3.92. The van der Waals surface area contributed by atoms with Gasteiger partial charge in [0.25, 0.3) is 5.91 Å². The standard InChI is InChI=1S/C13H20N2O3/c1-4-11(13(14)16)18-12-7-10(17-3)6-5-9(12)8-15-2/h5-7,11,15H,4,8H2,1-3H3,(H2,14,16). The molecule has 1 rings (SSSR count). The Balaban J connectivity index is 2.98. The van der Waals surface area contributed by atoms with Crippen molar-refractivity contribution in [3.05, 3.63) is 23.8 Å². The van der Waals surface area contributed by atoms with Crippen LogP contribution < -0.4 is 20.5 Å². The Morgan fingerprint density at radius 2 is 2.22 bits per heavy atom. The van der Waals surface area contributed by atoms with Crippen molar-refractivity contribution >= 4 is 5.91 Å². The summed E-state index contributed by atoms with van der Waals surface area (Å²) in [5.41, 5.74) is 6.24. The van der Waals surface area contributed by atoms with E-state index in [-0.39, 0.29) is 0 Å². The first kappa shape index (κ1) is 14.3. The van der Waals surface area contributed by atoms with E-state index in [9.17, 15) is 4.79 Å². The van der Waals surface area contributed by atoms with Crippen molar-refractivity contribution in [2.45, 2.75) is 26.0 Å². The van der Waals surface area contributed by atoms with Gasteiger partial charge < -0.3 is 20.5 Å². The Hall–Kier alpha value is -1.75. The first-order valence-corrected chi connectivity index (χ1v) is 5.89. The maximum atomic E-state index is 11.2. The van der Waals surface area contributed by atoms with Gasteiger partial charge in [-0.3, -0.25) is 4.79 Å². The summed E-state index contributed by atoms with van der Waals surface area (Å²) < 4.78 is 10.8. The summed E-state index contributed by atoms with van der Waals surface area (Å²) in [5.74, 6) is 0.842. The monoisotopic (exact) mass is 252 g/mol. The first-order valence-electron chi connectivity index (χ1n) is 5.89. The number of benzene rings is 1. The fraction of sp³-hybridized carbons (Fsp3) is 0.462. The number of primary amides is 1. The smallest absolute Gasteiger partial charge is 0.258 e. The molecule has 0 radical (unpaired) electrons. The van der Waals surface area contributed by atoms with Gasteiger partial charge in [-0.05, 0) is 19.5 Å². The van der Waals surface area contributed by atoms with Crippen LogP contribution in [0.1, 0.15) is 18.9 Å². The van der Waals surface area contributed by atoms with Gasteiger partial charge in [0.15, 0.2) is 6.10 Å². The molecule has 0 heterocycles. The molecule has 100 valence electrons. The number of carbonyl (C=O) groups is 1. The molecular weight excluding hydrogens is 232 g/mol. The number of hydrogen-bond donors (Lipinski definition) is 2. The van der Waals surface area contributed by atoms with E-state index in [0.29, 0.717) is 24.5 Å². The zero-order valence-electron chi connectivity index (χ0n) is 11.0. The van der Waals surface area contributed by atoms with Gasteiger partial charge >= 0.3 is 0 Å². The van der Waals surface area contributed by atoms with Crippen LogP contribution in [0.25, 0.3) is 0 Å². The van der Waals surface area contributed by atoms with E-state index in [1.807, 2.05) is 26.1 Å². The average molecular weight is 252 g/mol. The number of amides is 1. The lowest BCUT2D eigenvalue weighted by atomic mass is 10.1. The zero-order valence-corrected chi connectivity index (χ0v) is 11.0. The van der Waals surface area contributed by atoms with Gasteiger partial charge in [-0.1, -0.05) is 13.0 Å². The van der Waals surface area contributed by atoms with E-state index >= 15 is 0 Å². The molecule has 0 aliphatic heterocycles. The Morgan fingerprint density at radius 3 is 2.72 bits per heavy atom. The topological polar surface area (TPSA) is 73.6 Å². The molecule has 3 N–H and O–H groups in total. The Kier molecular flexibility index (Phi) is 5.45. The second kappa shape index (κ2) is 6.86. The predicted octanol–water partition coefficient (Wildman–Crippen LogP) is 1.06. The summed E-state index contributed by atoms with van der Waals surface area (Å²) in [6.45, 7) is 2.50. The van der Waals surface area contributed by atoms with Crippen LogP contribution in [-0.2, 0) is 11.3 Å². The number of methoxy groups -OCH3 is 1. The fourth-order valence-electron chi connectivity index (χ4n) is 1.60. The summed E-state index contributed by atoms with van der Waals surface area (Å²) in [6, 6.07) is 5.52. The molecule has 1 amide bonds. The molecule has 0 fully saturated rings. The Bertz CT molecular complexity index is 407. The minimum atomic E-state index is -0.618. The maximum Gasteiger partial charge on any atom is 0.258 e. The molecule has 0 saturated heterocycles. The van der Waals surface area contributed by atoms with Crippen molar-refractivity contribution in [1.82, 2.24) is 5.32 Å². The van der Waals surface area contributed by atoms with E-state index in [4.69, 9.17) is 15.2 Å². The number of nitrogens with two attached hydrogens (primary N) is 1. The molecule has 1 aromatic rings. The van der Waals surface area contributed by atoms with Crippen molar-refractivity contribution in [3.8, 4) is 11.5 Å². The molecule has 0 bridgehead atoms. The number of hydrogen-bond acceptors (Lipinski definition) is 4. The molecule has 0 aliphatic rings. The molecule has 0 spiro atoms. The van der Waals surface area contributed by atoms with Gasteiger partial charge in [0.05, 0.1) is 7.11 Å². The summed E-state index contributed by atoms with van der Waals surface area (Å²) in [5, 5.41) is 3.05. The molecule has 5 nitrogen and oxygen atoms in total. The van der Waals surface area contributed by atoms with Crippen molar-refractivity contribution in [3.63, 3.8) is 0 Å². The molecule has 1 atom stereocenters. The third-order valence-corrected chi connectivity index (χ3v) is 2.60. The van der Waals surface area contributed by atoms with E-state index < -0.39 is 12.0 Å². The number of ether oxygens (including phenoxy) is 2. The molecule has 0 aromatic heterocycles. The lowest BCUT2D eigenvalue weighted by Crippen LogP contribution is -2.33. The van der Waals surface area contributed by atoms with Crippen LogP contribution in [0.2, 0.25) is 0 Å². The molecule has 0 aliphatic carbocycles. The molecular formula is C13H20N2O3. The fourth-order valence-corrected chi connectivity index (χ4v) is 1.60. The van der Waals surface area contributed by atoms with Gasteiger partial charge in [-0.2, -0.15) is 0 Å². The first-order chi connectivity index (χ1) is 8.62. The summed E-state index contributed by atoms with van der Waals surface area (Å²) >= 11 is 0. The lowest BCUT2D eigenvalue weighted by Gasteiger charge is -2.17. The summed E-state index contributed by atoms with van der Waals surface area (Å²) in [4.78, 5) is 11.2. The van der Waals surface area contributed by atoms with E-state index in [0.717, 1.165) is 5.56 Å². The molecule has 1 aromatic carbocycles. The average Bonchev–Trinajstić information content (AvgIpc) is 2.37. The predicted molar refractivity (Wildman–Crippen MR) is 69.7 cm³/mol. The number of carbonyl (C=O) groups excluding carboxylic acids is 1. The summed E-state index contributed by atoms with van der Waals surface area (Å²) in [6.07, 6.45) is -0.0846. The normalized spacial score (nSPS) is 11.9. The second-order valence-corrected chi connectivity index (χ2v) is 3.92. The third-order valence-electron chi connectivity index (χ3n) is 2.60. The van der Waals surface area contributed by atoms with Crippen LogP contribution >= 0.6 is 0 Å². The highest BCUT2D eigenvalue weighted by Gasteiger charge is 2.16. The van der Waals surface area contributed by atoms with Gasteiger partial charge in [0, 0.05) is 18.2 Å². The highest BCUT2D eigenvalue weighted by molar-refractivity contribution is 5.79. The number of nitrogens with one attached hydrogen (secondary N) is 1. The molecule has 1 unspecified atom stereocenters. The van der Waals surface area contributed by atoms with Gasteiger partial charge in [-0.15, -0.1) is 0 Å². The van der Waals surface area contributed by atoms with E-state index in [1.165, 1.54) is 0 Å². The molecule has 18 heavy (non-hydrogen) atoms. The Labute approximate surface area is 107 Å². The number of rotatable bonds is 7. The van der Waals surface area contributed by atoms with Crippen LogP contribution in [0.15, 0.2) is 18.2 Å². The minimum Gasteiger partial charge on any atom is -0.497 e. The van der Waals surface area contributed by atoms with Crippen molar-refractivity contribution in [2.75, 3.05) is 14.2 Å². The largest absolute Gasteiger partial charge is 0.497 e. The van der Waals surface area contributed by atoms with Crippen LogP contribution in [0.3, 0.4) is 0 Å². The van der Waals surface area contributed by atoms with E-state index in [1.54, 1.807) is 13.2 Å². The van der Waals surface area contributed by atoms with Crippen LogP contribution in [-0.4, -0.2) is 26.2 Å². The molecule has 0 saturated carbocycles. The van der Waals surface area contributed by atoms with Gasteiger partial charge in [0.1, 0.15) is 11.5 Å². The zero-order chi connectivity index (χ0) is 13.5. The minimum absolute atomic E-state index is 0.462. The van der Waals surface area contributed by atoms with Crippen molar-refractivity contribution in [2.24, 2.45) is 5.73 Å². The van der Waals surface area contributed by atoms with Crippen LogP contribution in [0, 0.1) is 0 Å². The van der Waals surface area contributed by atoms with Crippen LogP contribution in [0.4, 0.5) is 0 Å². The van der Waals surface area contributed by atoms with Crippen molar-refractivity contribution < 1.29 is 14.3 Å². The maximum absolute atomic E-state index is 11.2. The van der Waals surface area contributed by atoms with Gasteiger partial charge in [-0.25, -0.2) is 0 Å². The SMILES string of the molecule is CCC(Oc1cc(OC)ccc1CNC)C(N)=O. The molecule has 5 heteroatoms. The summed E-state index contributed by atoms with van der Waals surface area (Å²) in [7, 11) is 3.43. The lowest BCUT2D eigenvalue weighted by molar-refractivity contribution is -0.124. The highest BCUT2D eigenvalue weighted by atomic mass is 16.5. The van der Waals surface area contributed by atoms with Crippen LogP contribution in [0.5, 0.6) is 11.5 Å². The third kappa shape index (κ3) is 3.63.